The minimum Gasteiger partial charge on any atom is -0.480 e. The molecule has 0 aromatic rings. The molecule has 0 saturated heterocycles. The summed E-state index contributed by atoms with van der Waals surface area (Å²) >= 11 is 0. The van der Waals surface area contributed by atoms with Crippen LogP contribution in [0.4, 0.5) is 0 Å². The standard InChI is InChI=1S/C22H43NO3/c1-4-5-6-7-8-9-10-11-12-13-14-15-16-17-18-19-20(24)23-22(2,3)21(25)26/h4-19H2,1-3H3,(H,23,24)(H,25,26). The molecular weight excluding hydrogens is 326 g/mol. The van der Waals surface area contributed by atoms with Gasteiger partial charge in [-0.2, -0.15) is 0 Å². The van der Waals surface area contributed by atoms with Gasteiger partial charge in [0, 0.05) is 6.42 Å². The highest BCUT2D eigenvalue weighted by Crippen LogP contribution is 2.14. The summed E-state index contributed by atoms with van der Waals surface area (Å²) in [4.78, 5) is 22.7. The Morgan fingerprint density at radius 3 is 1.38 bits per heavy atom. The second-order valence-corrected chi connectivity index (χ2v) is 8.18. The van der Waals surface area contributed by atoms with E-state index in [0.29, 0.717) is 6.42 Å². The van der Waals surface area contributed by atoms with Crippen LogP contribution in [0.5, 0.6) is 0 Å². The van der Waals surface area contributed by atoms with E-state index < -0.39 is 11.5 Å². The highest BCUT2D eigenvalue weighted by Gasteiger charge is 2.28. The molecule has 0 saturated carbocycles. The molecule has 0 aromatic carbocycles. The average Bonchev–Trinajstić information content (AvgIpc) is 2.57. The zero-order valence-corrected chi connectivity index (χ0v) is 17.6. The van der Waals surface area contributed by atoms with Crippen molar-refractivity contribution in [2.75, 3.05) is 0 Å². The van der Waals surface area contributed by atoms with E-state index in [9.17, 15) is 9.59 Å². The Morgan fingerprint density at radius 2 is 1.04 bits per heavy atom. The fraction of sp³-hybridized carbons (Fsp3) is 0.909. The summed E-state index contributed by atoms with van der Waals surface area (Å²) in [6.45, 7) is 5.29. The van der Waals surface area contributed by atoms with Gasteiger partial charge in [-0.25, -0.2) is 4.79 Å². The lowest BCUT2D eigenvalue weighted by Gasteiger charge is -2.20. The molecule has 0 rings (SSSR count). The van der Waals surface area contributed by atoms with E-state index in [1.165, 1.54) is 97.3 Å². The molecule has 0 aliphatic heterocycles. The van der Waals surface area contributed by atoms with Crippen LogP contribution in [0.1, 0.15) is 124 Å². The van der Waals surface area contributed by atoms with Gasteiger partial charge in [0.25, 0.3) is 0 Å². The summed E-state index contributed by atoms with van der Waals surface area (Å²) in [6, 6.07) is 0. The molecule has 0 spiro atoms. The molecular formula is C22H43NO3. The maximum absolute atomic E-state index is 11.7. The second kappa shape index (κ2) is 16.1. The maximum atomic E-state index is 11.7. The van der Waals surface area contributed by atoms with Crippen LogP contribution in [0, 0.1) is 0 Å². The zero-order chi connectivity index (χ0) is 19.7. The van der Waals surface area contributed by atoms with Crippen molar-refractivity contribution in [3.63, 3.8) is 0 Å². The summed E-state index contributed by atoms with van der Waals surface area (Å²) in [5.41, 5.74) is -1.17. The summed E-state index contributed by atoms with van der Waals surface area (Å²) in [6.07, 6.45) is 19.9. The van der Waals surface area contributed by atoms with Crippen molar-refractivity contribution < 1.29 is 14.7 Å². The predicted molar refractivity (Wildman–Crippen MR) is 109 cm³/mol. The van der Waals surface area contributed by atoms with Crippen LogP contribution in [-0.4, -0.2) is 22.5 Å². The van der Waals surface area contributed by atoms with Crippen molar-refractivity contribution in [1.82, 2.24) is 5.32 Å². The summed E-state index contributed by atoms with van der Waals surface area (Å²) in [5.74, 6) is -1.16. The minimum atomic E-state index is -1.17. The molecule has 26 heavy (non-hydrogen) atoms. The number of carboxylic acids is 1. The number of carbonyl (C=O) groups is 2. The molecule has 1 amide bonds. The number of carbonyl (C=O) groups excluding carboxylic acids is 1. The molecule has 0 unspecified atom stereocenters. The molecule has 0 fully saturated rings. The van der Waals surface area contributed by atoms with Crippen LogP contribution in [-0.2, 0) is 9.59 Å². The van der Waals surface area contributed by atoms with Gasteiger partial charge < -0.3 is 10.4 Å². The van der Waals surface area contributed by atoms with Crippen molar-refractivity contribution >= 4 is 11.9 Å². The molecule has 0 aliphatic rings. The lowest BCUT2D eigenvalue weighted by Crippen LogP contribution is -2.49. The van der Waals surface area contributed by atoms with Crippen LogP contribution in [0.15, 0.2) is 0 Å². The fourth-order valence-corrected chi connectivity index (χ4v) is 3.12. The number of rotatable bonds is 18. The van der Waals surface area contributed by atoms with Gasteiger partial charge >= 0.3 is 5.97 Å². The van der Waals surface area contributed by atoms with Gasteiger partial charge in [-0.15, -0.1) is 0 Å². The van der Waals surface area contributed by atoms with E-state index in [4.69, 9.17) is 5.11 Å². The molecule has 4 nitrogen and oxygen atoms in total. The second-order valence-electron chi connectivity index (χ2n) is 8.18. The SMILES string of the molecule is CCCCCCCCCCCCCCCCCC(=O)NC(C)(C)C(=O)O. The van der Waals surface area contributed by atoms with E-state index in [2.05, 4.69) is 12.2 Å². The van der Waals surface area contributed by atoms with Crippen LogP contribution in [0.2, 0.25) is 0 Å². The van der Waals surface area contributed by atoms with Crippen molar-refractivity contribution in [3.05, 3.63) is 0 Å². The first-order valence-electron chi connectivity index (χ1n) is 10.9. The van der Waals surface area contributed by atoms with E-state index in [1.54, 1.807) is 0 Å². The van der Waals surface area contributed by atoms with E-state index in [0.717, 1.165) is 12.8 Å². The summed E-state index contributed by atoms with van der Waals surface area (Å²) < 4.78 is 0. The Balaban J connectivity index is 3.29. The Labute approximate surface area is 161 Å². The third kappa shape index (κ3) is 15.2. The Morgan fingerprint density at radius 1 is 0.692 bits per heavy atom. The number of hydrogen-bond acceptors (Lipinski definition) is 2. The van der Waals surface area contributed by atoms with Crippen LogP contribution in [0.3, 0.4) is 0 Å². The van der Waals surface area contributed by atoms with Crippen LogP contribution >= 0.6 is 0 Å². The normalized spacial score (nSPS) is 11.5. The molecule has 0 heterocycles. The largest absolute Gasteiger partial charge is 0.480 e. The van der Waals surface area contributed by atoms with E-state index >= 15 is 0 Å². The van der Waals surface area contributed by atoms with Crippen LogP contribution in [0.25, 0.3) is 0 Å². The molecule has 2 N–H and O–H groups in total. The fourth-order valence-electron chi connectivity index (χ4n) is 3.12. The Kier molecular flexibility index (Phi) is 15.5. The van der Waals surface area contributed by atoms with Gasteiger partial charge in [0.15, 0.2) is 0 Å². The lowest BCUT2D eigenvalue weighted by molar-refractivity contribution is -0.146. The van der Waals surface area contributed by atoms with Gasteiger partial charge in [-0.1, -0.05) is 96.8 Å². The summed E-state index contributed by atoms with van der Waals surface area (Å²) in [5, 5.41) is 11.5. The monoisotopic (exact) mass is 369 g/mol. The Bertz CT molecular complexity index is 366. The number of hydrogen-bond donors (Lipinski definition) is 2. The molecule has 0 aromatic heterocycles. The molecule has 0 radical (unpaired) electrons. The van der Waals surface area contributed by atoms with E-state index in [-0.39, 0.29) is 5.91 Å². The first kappa shape index (κ1) is 24.9. The third-order valence-corrected chi connectivity index (χ3v) is 4.99. The number of carboxylic acid groups (broad SMARTS) is 1. The van der Waals surface area contributed by atoms with Crippen LogP contribution < -0.4 is 5.32 Å². The zero-order valence-electron chi connectivity index (χ0n) is 17.6. The van der Waals surface area contributed by atoms with Gasteiger partial charge in [0.05, 0.1) is 0 Å². The van der Waals surface area contributed by atoms with Gasteiger partial charge in [-0.3, -0.25) is 4.79 Å². The highest BCUT2D eigenvalue weighted by molar-refractivity contribution is 5.86. The number of amides is 1. The van der Waals surface area contributed by atoms with E-state index in [1.807, 2.05) is 0 Å². The van der Waals surface area contributed by atoms with Crippen molar-refractivity contribution in [2.24, 2.45) is 0 Å². The number of nitrogens with one attached hydrogen (secondary N) is 1. The predicted octanol–water partition coefficient (Wildman–Crippen LogP) is 6.23. The molecule has 4 heteroatoms. The van der Waals surface area contributed by atoms with Gasteiger partial charge in [-0.05, 0) is 20.3 Å². The van der Waals surface area contributed by atoms with Crippen molar-refractivity contribution in [1.29, 1.82) is 0 Å². The lowest BCUT2D eigenvalue weighted by atomic mass is 10.0. The van der Waals surface area contributed by atoms with Gasteiger partial charge in [0.1, 0.15) is 5.54 Å². The summed E-state index contributed by atoms with van der Waals surface area (Å²) in [7, 11) is 0. The van der Waals surface area contributed by atoms with Crippen molar-refractivity contribution in [2.45, 2.75) is 129 Å². The first-order chi connectivity index (χ1) is 12.4. The number of aliphatic carboxylic acids is 1. The smallest absolute Gasteiger partial charge is 0.328 e. The van der Waals surface area contributed by atoms with Crippen molar-refractivity contribution in [3.8, 4) is 0 Å². The topological polar surface area (TPSA) is 66.4 Å². The molecule has 0 bridgehead atoms. The average molecular weight is 370 g/mol. The molecule has 0 aliphatic carbocycles. The molecule has 0 atom stereocenters. The Hall–Kier alpha value is -1.06. The first-order valence-corrected chi connectivity index (χ1v) is 10.9. The molecule has 154 valence electrons. The maximum Gasteiger partial charge on any atom is 0.328 e. The quantitative estimate of drug-likeness (QED) is 0.281. The highest BCUT2D eigenvalue weighted by atomic mass is 16.4. The number of unbranched alkanes of at least 4 members (excludes halogenated alkanes) is 14. The third-order valence-electron chi connectivity index (χ3n) is 4.99. The minimum absolute atomic E-state index is 0.160. The van der Waals surface area contributed by atoms with Gasteiger partial charge in [0.2, 0.25) is 5.91 Å².